The highest BCUT2D eigenvalue weighted by molar-refractivity contribution is 7.89. The minimum Gasteiger partial charge on any atom is -0.493 e. The fraction of sp³-hybridized carbons (Fsp3) is 0.167. The predicted octanol–water partition coefficient (Wildman–Crippen LogP) is 3.10. The second kappa shape index (κ2) is 8.74. The van der Waals surface area contributed by atoms with Crippen LogP contribution < -0.4 is 14.2 Å². The number of para-hydroxylation sites is 1. The van der Waals surface area contributed by atoms with Crippen LogP contribution in [-0.2, 0) is 10.0 Å². The van der Waals surface area contributed by atoms with E-state index >= 15 is 0 Å². The van der Waals surface area contributed by atoms with Crippen molar-refractivity contribution in [2.75, 3.05) is 14.2 Å². The molecule has 0 bridgehead atoms. The standard InChI is InChI=1S/C18H17F2NO5S/c1-21-27(23,24)14-9-6-12(7-10-14)15(22)11-8-13-4-3-5-16(25-2)17(13)26-18(19)20/h3-11,18,21H,1-2H3/b11-8+. The molecule has 9 heteroatoms. The highest BCUT2D eigenvalue weighted by Crippen LogP contribution is 2.33. The summed E-state index contributed by atoms with van der Waals surface area (Å²) in [6.45, 7) is -3.05. The number of sulfonamides is 1. The summed E-state index contributed by atoms with van der Waals surface area (Å²) < 4.78 is 60.2. The number of carbonyl (C=O) groups excluding carboxylic acids is 1. The largest absolute Gasteiger partial charge is 0.493 e. The van der Waals surface area contributed by atoms with Crippen LogP contribution in [0.4, 0.5) is 8.78 Å². The lowest BCUT2D eigenvalue weighted by atomic mass is 10.1. The molecule has 0 aromatic heterocycles. The summed E-state index contributed by atoms with van der Waals surface area (Å²) in [5.41, 5.74) is 0.470. The van der Waals surface area contributed by atoms with Gasteiger partial charge in [0.2, 0.25) is 10.0 Å². The number of rotatable bonds is 8. The molecule has 0 amide bonds. The van der Waals surface area contributed by atoms with Gasteiger partial charge in [0.1, 0.15) is 0 Å². The SMILES string of the molecule is CNS(=O)(=O)c1ccc(C(=O)/C=C/c2cccc(OC)c2OC(F)F)cc1. The van der Waals surface area contributed by atoms with Gasteiger partial charge in [0.25, 0.3) is 0 Å². The molecule has 0 spiro atoms. The van der Waals surface area contributed by atoms with E-state index in [0.717, 1.165) is 0 Å². The third kappa shape index (κ3) is 5.11. The molecule has 0 saturated carbocycles. The molecule has 0 unspecified atom stereocenters. The maximum atomic E-state index is 12.6. The summed E-state index contributed by atoms with van der Waals surface area (Å²) in [6, 6.07) is 9.83. The number of hydrogen-bond donors (Lipinski definition) is 1. The van der Waals surface area contributed by atoms with Crippen LogP contribution in [-0.4, -0.2) is 35.0 Å². The number of alkyl halides is 2. The summed E-state index contributed by atoms with van der Waals surface area (Å²) in [5.74, 6) is -0.518. The van der Waals surface area contributed by atoms with Gasteiger partial charge in [0.05, 0.1) is 12.0 Å². The fourth-order valence-electron chi connectivity index (χ4n) is 2.22. The Morgan fingerprint density at radius 1 is 1.15 bits per heavy atom. The summed E-state index contributed by atoms with van der Waals surface area (Å²) in [4.78, 5) is 12.3. The Morgan fingerprint density at radius 3 is 2.37 bits per heavy atom. The van der Waals surface area contributed by atoms with E-state index in [1.165, 1.54) is 62.7 Å². The zero-order valence-corrected chi connectivity index (χ0v) is 15.3. The minimum absolute atomic E-state index is 0.0194. The Labute approximate surface area is 155 Å². The van der Waals surface area contributed by atoms with Gasteiger partial charge in [0, 0.05) is 11.1 Å². The van der Waals surface area contributed by atoms with Gasteiger partial charge in [-0.25, -0.2) is 13.1 Å². The van der Waals surface area contributed by atoms with Gasteiger partial charge >= 0.3 is 6.61 Å². The van der Waals surface area contributed by atoms with Gasteiger partial charge in [-0.3, -0.25) is 4.79 Å². The van der Waals surface area contributed by atoms with Gasteiger partial charge in [-0.1, -0.05) is 12.1 Å². The maximum Gasteiger partial charge on any atom is 0.387 e. The number of halogens is 2. The molecule has 1 N–H and O–H groups in total. The first-order valence-electron chi connectivity index (χ1n) is 7.66. The van der Waals surface area contributed by atoms with E-state index in [1.54, 1.807) is 6.07 Å². The molecule has 0 aliphatic rings. The van der Waals surface area contributed by atoms with E-state index < -0.39 is 22.4 Å². The van der Waals surface area contributed by atoms with Crippen molar-refractivity contribution in [1.29, 1.82) is 0 Å². The van der Waals surface area contributed by atoms with Crippen molar-refractivity contribution < 1.29 is 31.5 Å². The monoisotopic (exact) mass is 397 g/mol. The summed E-state index contributed by atoms with van der Waals surface area (Å²) in [6.07, 6.45) is 2.50. The Kier molecular flexibility index (Phi) is 6.65. The molecule has 0 atom stereocenters. The first-order valence-corrected chi connectivity index (χ1v) is 9.14. The van der Waals surface area contributed by atoms with E-state index in [-0.39, 0.29) is 27.5 Å². The van der Waals surface area contributed by atoms with Crippen molar-refractivity contribution in [3.05, 3.63) is 59.7 Å². The van der Waals surface area contributed by atoms with E-state index in [2.05, 4.69) is 9.46 Å². The molecule has 0 fully saturated rings. The van der Waals surface area contributed by atoms with Crippen LogP contribution >= 0.6 is 0 Å². The minimum atomic E-state index is -3.60. The molecule has 0 saturated heterocycles. The molecule has 0 aliphatic heterocycles. The van der Waals surface area contributed by atoms with Crippen molar-refractivity contribution >= 4 is 21.9 Å². The first kappa shape index (κ1) is 20.5. The van der Waals surface area contributed by atoms with Gasteiger partial charge in [0.15, 0.2) is 17.3 Å². The lowest BCUT2D eigenvalue weighted by Gasteiger charge is -2.12. The lowest BCUT2D eigenvalue weighted by Crippen LogP contribution is -2.18. The third-order valence-corrected chi connectivity index (χ3v) is 5.00. The lowest BCUT2D eigenvalue weighted by molar-refractivity contribution is -0.0513. The smallest absolute Gasteiger partial charge is 0.387 e. The van der Waals surface area contributed by atoms with Gasteiger partial charge in [-0.15, -0.1) is 0 Å². The molecule has 2 aromatic rings. The molecular formula is C18H17F2NO5S. The van der Waals surface area contributed by atoms with Crippen LogP contribution in [0.5, 0.6) is 11.5 Å². The van der Waals surface area contributed by atoms with Crippen molar-refractivity contribution in [1.82, 2.24) is 4.72 Å². The molecule has 0 aliphatic carbocycles. The predicted molar refractivity (Wildman–Crippen MR) is 95.7 cm³/mol. The quantitative estimate of drug-likeness (QED) is 0.547. The fourth-order valence-corrected chi connectivity index (χ4v) is 2.95. The number of ether oxygens (including phenoxy) is 2. The Bertz CT molecular complexity index is 941. The van der Waals surface area contributed by atoms with Crippen LogP contribution in [0.2, 0.25) is 0 Å². The van der Waals surface area contributed by atoms with Crippen LogP contribution in [0.1, 0.15) is 15.9 Å². The molecule has 144 valence electrons. The van der Waals surface area contributed by atoms with Crippen LogP contribution in [0.3, 0.4) is 0 Å². The molecule has 2 aromatic carbocycles. The average Bonchev–Trinajstić information content (AvgIpc) is 2.66. The highest BCUT2D eigenvalue weighted by atomic mass is 32.2. The van der Waals surface area contributed by atoms with Crippen LogP contribution in [0.15, 0.2) is 53.4 Å². The Hall–Kier alpha value is -2.78. The number of carbonyl (C=O) groups is 1. The molecule has 0 radical (unpaired) electrons. The number of allylic oxidation sites excluding steroid dienone is 1. The average molecular weight is 397 g/mol. The topological polar surface area (TPSA) is 81.7 Å². The van der Waals surface area contributed by atoms with Gasteiger partial charge in [-0.05, 0) is 49.5 Å². The van der Waals surface area contributed by atoms with Crippen LogP contribution in [0.25, 0.3) is 6.08 Å². The van der Waals surface area contributed by atoms with Crippen LogP contribution in [0, 0.1) is 0 Å². The van der Waals surface area contributed by atoms with Gasteiger partial charge in [-0.2, -0.15) is 8.78 Å². The van der Waals surface area contributed by atoms with E-state index in [1.807, 2.05) is 0 Å². The number of benzene rings is 2. The van der Waals surface area contributed by atoms with Crippen molar-refractivity contribution in [2.45, 2.75) is 11.5 Å². The Morgan fingerprint density at radius 2 is 1.81 bits per heavy atom. The van der Waals surface area contributed by atoms with Crippen molar-refractivity contribution in [2.24, 2.45) is 0 Å². The zero-order valence-electron chi connectivity index (χ0n) is 14.5. The first-order chi connectivity index (χ1) is 12.8. The molecule has 6 nitrogen and oxygen atoms in total. The summed E-state index contributed by atoms with van der Waals surface area (Å²) in [5, 5.41) is 0. The number of hydrogen-bond acceptors (Lipinski definition) is 5. The van der Waals surface area contributed by atoms with E-state index in [4.69, 9.17) is 4.74 Å². The Balaban J connectivity index is 2.27. The number of nitrogens with one attached hydrogen (secondary N) is 1. The normalized spacial score (nSPS) is 11.7. The molecule has 0 heterocycles. The number of methoxy groups -OCH3 is 1. The van der Waals surface area contributed by atoms with Crippen molar-refractivity contribution in [3.63, 3.8) is 0 Å². The van der Waals surface area contributed by atoms with Gasteiger partial charge < -0.3 is 9.47 Å². The molecule has 27 heavy (non-hydrogen) atoms. The van der Waals surface area contributed by atoms with Crippen molar-refractivity contribution in [3.8, 4) is 11.5 Å². The highest BCUT2D eigenvalue weighted by Gasteiger charge is 2.15. The zero-order chi connectivity index (χ0) is 20.0. The number of ketones is 1. The summed E-state index contributed by atoms with van der Waals surface area (Å²) >= 11 is 0. The summed E-state index contributed by atoms with van der Waals surface area (Å²) in [7, 11) is -1.01. The second-order valence-corrected chi connectivity index (χ2v) is 7.07. The second-order valence-electron chi connectivity index (χ2n) is 5.19. The van der Waals surface area contributed by atoms with E-state index in [0.29, 0.717) is 0 Å². The molecule has 2 rings (SSSR count). The molecular weight excluding hydrogens is 380 g/mol. The van der Waals surface area contributed by atoms with E-state index in [9.17, 15) is 22.0 Å². The maximum absolute atomic E-state index is 12.6. The third-order valence-electron chi connectivity index (χ3n) is 3.57.